The Bertz CT molecular complexity index is 992. The van der Waals surface area contributed by atoms with E-state index in [1.54, 1.807) is 12.1 Å². The first-order valence-corrected chi connectivity index (χ1v) is 6.72. The predicted molar refractivity (Wildman–Crippen MR) is 79.3 cm³/mol. The number of fused-ring (bicyclic) bond motifs is 1. The van der Waals surface area contributed by atoms with E-state index >= 15 is 0 Å². The first-order chi connectivity index (χ1) is 11.3. The number of carboxylic acids is 1. The van der Waals surface area contributed by atoms with Crippen molar-refractivity contribution in [2.24, 2.45) is 0 Å². The molecule has 0 aliphatic rings. The van der Waals surface area contributed by atoms with Crippen LogP contribution in [0.15, 0.2) is 53.3 Å². The van der Waals surface area contributed by atoms with Gasteiger partial charge in [-0.25, -0.2) is 4.79 Å². The Morgan fingerprint density at radius 1 is 1.00 bits per heavy atom. The highest BCUT2D eigenvalue weighted by atomic mass is 19.4. The number of rotatable bonds is 2. The molecule has 0 saturated carbocycles. The van der Waals surface area contributed by atoms with E-state index in [9.17, 15) is 27.9 Å². The number of aromatic carboxylic acids is 1. The molecule has 2 aromatic carbocycles. The van der Waals surface area contributed by atoms with Crippen LogP contribution < -0.4 is 5.56 Å². The molecule has 8 heteroatoms. The van der Waals surface area contributed by atoms with Crippen molar-refractivity contribution in [3.63, 3.8) is 0 Å². The van der Waals surface area contributed by atoms with Crippen LogP contribution in [0.3, 0.4) is 0 Å². The molecule has 0 bridgehead atoms. The van der Waals surface area contributed by atoms with Crippen molar-refractivity contribution < 1.29 is 23.1 Å². The summed E-state index contributed by atoms with van der Waals surface area (Å²) in [7, 11) is 0. The molecule has 0 unspecified atom stereocenters. The Hall–Kier alpha value is -3.16. The van der Waals surface area contributed by atoms with E-state index in [0.717, 1.165) is 28.9 Å². The highest BCUT2D eigenvalue weighted by molar-refractivity contribution is 6.01. The van der Waals surface area contributed by atoms with Crippen molar-refractivity contribution in [3.05, 3.63) is 70.1 Å². The summed E-state index contributed by atoms with van der Waals surface area (Å²) in [5.74, 6) is -1.34. The average molecular weight is 334 g/mol. The fraction of sp³-hybridized carbons (Fsp3) is 0.0625. The molecule has 24 heavy (non-hydrogen) atoms. The molecule has 1 aromatic heterocycles. The van der Waals surface area contributed by atoms with Gasteiger partial charge in [-0.2, -0.15) is 23.0 Å². The molecule has 3 aromatic rings. The molecule has 0 saturated heterocycles. The molecule has 0 atom stereocenters. The van der Waals surface area contributed by atoms with E-state index in [1.165, 1.54) is 12.1 Å². The lowest BCUT2D eigenvalue weighted by molar-refractivity contribution is -0.137. The second kappa shape index (κ2) is 5.48. The number of benzene rings is 2. The SMILES string of the molecule is O=C(O)c1nn(-c2ccc(C(F)(F)F)cc2)c(=O)c2ccccc12. The third kappa shape index (κ3) is 2.62. The summed E-state index contributed by atoms with van der Waals surface area (Å²) in [6, 6.07) is 9.76. The van der Waals surface area contributed by atoms with Gasteiger partial charge in [0.25, 0.3) is 5.56 Å². The summed E-state index contributed by atoms with van der Waals surface area (Å²) in [5.41, 5.74) is -1.81. The van der Waals surface area contributed by atoms with Crippen LogP contribution in [0.1, 0.15) is 16.1 Å². The molecule has 0 aliphatic carbocycles. The average Bonchev–Trinajstić information content (AvgIpc) is 2.54. The summed E-state index contributed by atoms with van der Waals surface area (Å²) in [6.07, 6.45) is -4.51. The molecule has 1 N–H and O–H groups in total. The molecule has 122 valence electrons. The van der Waals surface area contributed by atoms with Crippen molar-refractivity contribution in [1.29, 1.82) is 0 Å². The predicted octanol–water partition coefficient (Wildman–Crippen LogP) is 3.10. The fourth-order valence-corrected chi connectivity index (χ4v) is 2.31. The zero-order valence-corrected chi connectivity index (χ0v) is 11.9. The Labute approximate surface area is 132 Å². The third-order valence-corrected chi connectivity index (χ3v) is 3.45. The van der Waals surface area contributed by atoms with Gasteiger partial charge < -0.3 is 5.11 Å². The van der Waals surface area contributed by atoms with Crippen LogP contribution in [-0.2, 0) is 6.18 Å². The Morgan fingerprint density at radius 2 is 1.58 bits per heavy atom. The molecule has 0 fully saturated rings. The molecule has 5 nitrogen and oxygen atoms in total. The van der Waals surface area contributed by atoms with Gasteiger partial charge in [-0.15, -0.1) is 0 Å². The number of halogens is 3. The number of aromatic nitrogens is 2. The van der Waals surface area contributed by atoms with E-state index in [4.69, 9.17) is 0 Å². The highest BCUT2D eigenvalue weighted by Gasteiger charge is 2.30. The first-order valence-electron chi connectivity index (χ1n) is 6.72. The first kappa shape index (κ1) is 15.7. The van der Waals surface area contributed by atoms with Crippen LogP contribution in [0.2, 0.25) is 0 Å². The van der Waals surface area contributed by atoms with Gasteiger partial charge in [-0.05, 0) is 30.3 Å². The Morgan fingerprint density at radius 3 is 2.12 bits per heavy atom. The van der Waals surface area contributed by atoms with E-state index in [0.29, 0.717) is 0 Å². The zero-order chi connectivity index (χ0) is 17.5. The van der Waals surface area contributed by atoms with Gasteiger partial charge in [0, 0.05) is 5.39 Å². The van der Waals surface area contributed by atoms with Gasteiger partial charge >= 0.3 is 12.1 Å². The topological polar surface area (TPSA) is 72.2 Å². The van der Waals surface area contributed by atoms with Crippen LogP contribution in [0.4, 0.5) is 13.2 Å². The third-order valence-electron chi connectivity index (χ3n) is 3.45. The Kier molecular flexibility index (Phi) is 3.59. The minimum absolute atomic E-state index is 0.0428. The zero-order valence-electron chi connectivity index (χ0n) is 11.9. The monoisotopic (exact) mass is 334 g/mol. The van der Waals surface area contributed by atoms with Crippen molar-refractivity contribution in [1.82, 2.24) is 9.78 Å². The smallest absolute Gasteiger partial charge is 0.416 e. The second-order valence-electron chi connectivity index (χ2n) is 4.96. The lowest BCUT2D eigenvalue weighted by atomic mass is 10.1. The van der Waals surface area contributed by atoms with Crippen LogP contribution in [0.5, 0.6) is 0 Å². The summed E-state index contributed by atoms with van der Waals surface area (Å²) in [6.45, 7) is 0. The fourth-order valence-electron chi connectivity index (χ4n) is 2.31. The van der Waals surface area contributed by atoms with Crippen molar-refractivity contribution >= 4 is 16.7 Å². The maximum Gasteiger partial charge on any atom is 0.416 e. The minimum atomic E-state index is -4.51. The minimum Gasteiger partial charge on any atom is -0.476 e. The van der Waals surface area contributed by atoms with Crippen molar-refractivity contribution in [2.75, 3.05) is 0 Å². The molecular weight excluding hydrogens is 325 g/mol. The van der Waals surface area contributed by atoms with Gasteiger partial charge in [0.05, 0.1) is 16.6 Å². The van der Waals surface area contributed by atoms with Crippen molar-refractivity contribution in [3.8, 4) is 5.69 Å². The summed E-state index contributed by atoms with van der Waals surface area (Å²) in [5, 5.41) is 13.3. The number of carboxylic acid groups (broad SMARTS) is 1. The van der Waals surface area contributed by atoms with E-state index in [1.807, 2.05) is 0 Å². The summed E-state index contributed by atoms with van der Waals surface area (Å²) < 4.78 is 38.6. The summed E-state index contributed by atoms with van der Waals surface area (Å²) >= 11 is 0. The lowest BCUT2D eigenvalue weighted by Gasteiger charge is -2.10. The van der Waals surface area contributed by atoms with Crippen LogP contribution in [0, 0.1) is 0 Å². The lowest BCUT2D eigenvalue weighted by Crippen LogP contribution is -2.24. The van der Waals surface area contributed by atoms with Crippen molar-refractivity contribution in [2.45, 2.75) is 6.18 Å². The number of hydrogen-bond acceptors (Lipinski definition) is 3. The highest BCUT2D eigenvalue weighted by Crippen LogP contribution is 2.29. The Balaban J connectivity index is 2.25. The molecular formula is C16H9F3N2O3. The standard InChI is InChI=1S/C16H9F3N2O3/c17-16(18,19)9-5-7-10(8-6-9)21-14(22)12-4-2-1-3-11(12)13(20-21)15(23)24/h1-8H,(H,23,24). The largest absolute Gasteiger partial charge is 0.476 e. The van der Waals surface area contributed by atoms with Gasteiger partial charge in [-0.3, -0.25) is 4.79 Å². The summed E-state index contributed by atoms with van der Waals surface area (Å²) in [4.78, 5) is 23.8. The molecule has 0 amide bonds. The van der Waals surface area contributed by atoms with Crippen LogP contribution in [0.25, 0.3) is 16.5 Å². The second-order valence-corrected chi connectivity index (χ2v) is 4.96. The van der Waals surface area contributed by atoms with Gasteiger partial charge in [0.1, 0.15) is 0 Å². The van der Waals surface area contributed by atoms with Gasteiger partial charge in [0.15, 0.2) is 5.69 Å². The van der Waals surface area contributed by atoms with Gasteiger partial charge in [-0.1, -0.05) is 18.2 Å². The maximum absolute atomic E-state index is 12.6. The molecule has 0 spiro atoms. The molecule has 0 radical (unpaired) electrons. The molecule has 1 heterocycles. The van der Waals surface area contributed by atoms with Crippen LogP contribution in [-0.4, -0.2) is 20.9 Å². The van der Waals surface area contributed by atoms with Gasteiger partial charge in [0.2, 0.25) is 0 Å². The van der Waals surface area contributed by atoms with E-state index in [-0.39, 0.29) is 22.2 Å². The maximum atomic E-state index is 12.6. The number of hydrogen-bond donors (Lipinski definition) is 1. The number of nitrogens with zero attached hydrogens (tertiary/aromatic N) is 2. The van der Waals surface area contributed by atoms with Crippen LogP contribution >= 0.6 is 0 Å². The quantitative estimate of drug-likeness (QED) is 0.782. The normalized spacial score (nSPS) is 11.6. The van der Waals surface area contributed by atoms with E-state index < -0.39 is 23.3 Å². The molecule has 0 aliphatic heterocycles. The number of carbonyl (C=O) groups is 1. The molecule has 3 rings (SSSR count). The number of alkyl halides is 3. The van der Waals surface area contributed by atoms with E-state index in [2.05, 4.69) is 5.10 Å².